The van der Waals surface area contributed by atoms with Gasteiger partial charge in [-0.15, -0.1) is 0 Å². The molecule has 1 rings (SSSR count). The molecule has 0 radical (unpaired) electrons. The van der Waals surface area contributed by atoms with Crippen molar-refractivity contribution in [1.29, 1.82) is 0 Å². The molecule has 1 aromatic rings. The van der Waals surface area contributed by atoms with Crippen LogP contribution in [0.1, 0.15) is 46.6 Å². The summed E-state index contributed by atoms with van der Waals surface area (Å²) < 4.78 is 11.8. The molecule has 3 nitrogen and oxygen atoms in total. The van der Waals surface area contributed by atoms with Gasteiger partial charge in [-0.25, -0.2) is 0 Å². The van der Waals surface area contributed by atoms with Gasteiger partial charge in [0.1, 0.15) is 11.4 Å². The fourth-order valence-electron chi connectivity index (χ4n) is 1.86. The van der Waals surface area contributed by atoms with Crippen LogP contribution in [-0.4, -0.2) is 24.4 Å². The van der Waals surface area contributed by atoms with Crippen LogP contribution in [0.2, 0.25) is 0 Å². The molecule has 0 saturated heterocycles. The highest BCUT2D eigenvalue weighted by atomic mass is 16.5. The van der Waals surface area contributed by atoms with Gasteiger partial charge in [0.05, 0.1) is 12.2 Å². The van der Waals surface area contributed by atoms with Crippen molar-refractivity contribution in [1.82, 2.24) is 0 Å². The Morgan fingerprint density at radius 3 is 2.10 bits per heavy atom. The van der Waals surface area contributed by atoms with Crippen molar-refractivity contribution in [3.05, 3.63) is 29.8 Å². The Balaban J connectivity index is 2.48. The van der Waals surface area contributed by atoms with E-state index >= 15 is 0 Å². The van der Waals surface area contributed by atoms with E-state index in [1.165, 1.54) is 5.56 Å². The van der Waals surface area contributed by atoms with E-state index in [9.17, 15) is 0 Å². The Labute approximate surface area is 123 Å². The van der Waals surface area contributed by atoms with E-state index in [1.54, 1.807) is 0 Å². The first-order valence-corrected chi connectivity index (χ1v) is 7.34. The SMILES string of the molecule is CC(C)(C)OCCC(C)(C)Oc1ccc(CCN)cc1. The summed E-state index contributed by atoms with van der Waals surface area (Å²) in [5.41, 5.74) is 6.46. The third-order valence-electron chi connectivity index (χ3n) is 2.99. The van der Waals surface area contributed by atoms with Crippen LogP contribution in [-0.2, 0) is 11.2 Å². The van der Waals surface area contributed by atoms with Gasteiger partial charge in [-0.1, -0.05) is 12.1 Å². The van der Waals surface area contributed by atoms with Gasteiger partial charge >= 0.3 is 0 Å². The van der Waals surface area contributed by atoms with Crippen LogP contribution in [0.25, 0.3) is 0 Å². The maximum absolute atomic E-state index is 6.04. The lowest BCUT2D eigenvalue weighted by Gasteiger charge is -2.28. The molecule has 0 saturated carbocycles. The number of hydrogen-bond donors (Lipinski definition) is 1. The molecular formula is C17H29NO2. The van der Waals surface area contributed by atoms with Crippen molar-refractivity contribution < 1.29 is 9.47 Å². The Hall–Kier alpha value is -1.06. The highest BCUT2D eigenvalue weighted by Gasteiger charge is 2.21. The quantitative estimate of drug-likeness (QED) is 0.830. The summed E-state index contributed by atoms with van der Waals surface area (Å²) in [6, 6.07) is 8.17. The zero-order valence-electron chi connectivity index (χ0n) is 13.5. The van der Waals surface area contributed by atoms with Crippen molar-refractivity contribution in [2.75, 3.05) is 13.2 Å². The molecule has 0 bridgehead atoms. The minimum absolute atomic E-state index is 0.0973. The second-order valence-corrected chi connectivity index (χ2v) is 6.76. The summed E-state index contributed by atoms with van der Waals surface area (Å²) in [6.07, 6.45) is 1.76. The van der Waals surface area contributed by atoms with Gasteiger partial charge in [0, 0.05) is 6.42 Å². The molecule has 0 aliphatic carbocycles. The molecule has 0 aliphatic rings. The van der Waals surface area contributed by atoms with Crippen molar-refractivity contribution in [3.63, 3.8) is 0 Å². The van der Waals surface area contributed by atoms with Gasteiger partial charge in [-0.2, -0.15) is 0 Å². The van der Waals surface area contributed by atoms with Crippen molar-refractivity contribution in [2.24, 2.45) is 5.73 Å². The minimum Gasteiger partial charge on any atom is -0.488 e. The van der Waals surface area contributed by atoms with Crippen molar-refractivity contribution >= 4 is 0 Å². The molecule has 0 heterocycles. The van der Waals surface area contributed by atoms with Crippen LogP contribution in [0, 0.1) is 0 Å². The number of ether oxygens (including phenoxy) is 2. The van der Waals surface area contributed by atoms with Crippen LogP contribution in [0.5, 0.6) is 5.75 Å². The number of rotatable bonds is 7. The predicted molar refractivity (Wildman–Crippen MR) is 84.2 cm³/mol. The normalized spacial score (nSPS) is 12.5. The summed E-state index contributed by atoms with van der Waals surface area (Å²) in [7, 11) is 0. The summed E-state index contributed by atoms with van der Waals surface area (Å²) >= 11 is 0. The van der Waals surface area contributed by atoms with E-state index in [0.29, 0.717) is 13.2 Å². The predicted octanol–water partition coefficient (Wildman–Crippen LogP) is 3.55. The molecule has 0 aromatic heterocycles. The molecule has 114 valence electrons. The molecule has 1 aromatic carbocycles. The van der Waals surface area contributed by atoms with Crippen LogP contribution >= 0.6 is 0 Å². The first-order chi connectivity index (χ1) is 9.22. The van der Waals surface area contributed by atoms with Crippen molar-refractivity contribution in [3.8, 4) is 5.75 Å². The Kier molecular flexibility index (Phi) is 6.03. The van der Waals surface area contributed by atoms with E-state index in [4.69, 9.17) is 15.2 Å². The fourth-order valence-corrected chi connectivity index (χ4v) is 1.86. The first kappa shape index (κ1) is 17.0. The van der Waals surface area contributed by atoms with Gasteiger partial charge in [0.15, 0.2) is 0 Å². The van der Waals surface area contributed by atoms with Gasteiger partial charge in [0.25, 0.3) is 0 Å². The molecule has 0 spiro atoms. The summed E-state index contributed by atoms with van der Waals surface area (Å²) in [5, 5.41) is 0. The monoisotopic (exact) mass is 279 g/mol. The highest BCUT2D eigenvalue weighted by molar-refractivity contribution is 5.28. The van der Waals surface area contributed by atoms with Crippen LogP contribution in [0.4, 0.5) is 0 Å². The molecule has 0 aliphatic heterocycles. The zero-order chi connectivity index (χ0) is 15.2. The zero-order valence-corrected chi connectivity index (χ0v) is 13.5. The molecule has 20 heavy (non-hydrogen) atoms. The average molecular weight is 279 g/mol. The average Bonchev–Trinajstić information content (AvgIpc) is 2.29. The van der Waals surface area contributed by atoms with E-state index < -0.39 is 0 Å². The Bertz CT molecular complexity index is 390. The van der Waals surface area contributed by atoms with E-state index in [1.807, 2.05) is 12.1 Å². The summed E-state index contributed by atoms with van der Waals surface area (Å²) in [4.78, 5) is 0. The summed E-state index contributed by atoms with van der Waals surface area (Å²) in [6.45, 7) is 11.8. The maximum Gasteiger partial charge on any atom is 0.120 e. The molecule has 0 amide bonds. The Morgan fingerprint density at radius 2 is 1.60 bits per heavy atom. The first-order valence-electron chi connectivity index (χ1n) is 7.34. The molecule has 0 fully saturated rings. The fraction of sp³-hybridized carbons (Fsp3) is 0.647. The largest absolute Gasteiger partial charge is 0.488 e. The number of benzene rings is 1. The lowest BCUT2D eigenvalue weighted by molar-refractivity contribution is -0.0292. The molecule has 0 unspecified atom stereocenters. The van der Waals surface area contributed by atoms with Crippen LogP contribution in [0.15, 0.2) is 24.3 Å². The number of hydrogen-bond acceptors (Lipinski definition) is 3. The van der Waals surface area contributed by atoms with Gasteiger partial charge in [-0.05, 0) is 65.3 Å². The van der Waals surface area contributed by atoms with Gasteiger partial charge < -0.3 is 15.2 Å². The lowest BCUT2D eigenvalue weighted by atomic mass is 10.1. The highest BCUT2D eigenvalue weighted by Crippen LogP contribution is 2.22. The van der Waals surface area contributed by atoms with Crippen LogP contribution < -0.4 is 10.5 Å². The lowest BCUT2D eigenvalue weighted by Crippen LogP contribution is -2.32. The third-order valence-corrected chi connectivity index (χ3v) is 2.99. The maximum atomic E-state index is 6.04. The minimum atomic E-state index is -0.235. The Morgan fingerprint density at radius 1 is 1.00 bits per heavy atom. The second-order valence-electron chi connectivity index (χ2n) is 6.76. The standard InChI is InChI=1S/C17H29NO2/c1-16(2,3)19-13-11-17(4,5)20-15-8-6-14(7-9-15)10-12-18/h6-9H,10-13,18H2,1-5H3. The molecular weight excluding hydrogens is 250 g/mol. The number of nitrogens with two attached hydrogens (primary N) is 1. The summed E-state index contributed by atoms with van der Waals surface area (Å²) in [5.74, 6) is 0.895. The molecule has 2 N–H and O–H groups in total. The van der Waals surface area contributed by atoms with Crippen LogP contribution in [0.3, 0.4) is 0 Å². The molecule has 3 heteroatoms. The second kappa shape index (κ2) is 7.09. The van der Waals surface area contributed by atoms with Gasteiger partial charge in [-0.3, -0.25) is 0 Å². The van der Waals surface area contributed by atoms with E-state index in [2.05, 4.69) is 46.8 Å². The topological polar surface area (TPSA) is 44.5 Å². The molecule has 0 atom stereocenters. The van der Waals surface area contributed by atoms with E-state index in [-0.39, 0.29) is 11.2 Å². The third kappa shape index (κ3) is 6.92. The van der Waals surface area contributed by atoms with Gasteiger partial charge in [0.2, 0.25) is 0 Å². The van der Waals surface area contributed by atoms with Crippen molar-refractivity contribution in [2.45, 2.75) is 58.7 Å². The smallest absolute Gasteiger partial charge is 0.120 e. The van der Waals surface area contributed by atoms with E-state index in [0.717, 1.165) is 18.6 Å².